The van der Waals surface area contributed by atoms with Crippen LogP contribution in [0.25, 0.3) is 0 Å². The van der Waals surface area contributed by atoms with Gasteiger partial charge in [0.25, 0.3) is 0 Å². The second-order valence-corrected chi connectivity index (χ2v) is 9.54. The molecule has 0 fully saturated rings. The molecule has 4 rings (SSSR count). The average Bonchev–Trinajstić information content (AvgIpc) is 2.89. The molecule has 0 aliphatic carbocycles. The van der Waals surface area contributed by atoms with Gasteiger partial charge in [0.1, 0.15) is 0 Å². The number of halogens is 2. The van der Waals surface area contributed by atoms with Crippen molar-refractivity contribution in [3.8, 4) is 23.0 Å². The van der Waals surface area contributed by atoms with Gasteiger partial charge in [-0.2, -0.15) is 0 Å². The van der Waals surface area contributed by atoms with Gasteiger partial charge in [0, 0.05) is 11.6 Å². The van der Waals surface area contributed by atoms with E-state index in [1.54, 1.807) is 46.6 Å². The Kier molecular flexibility index (Phi) is 8.34. The summed E-state index contributed by atoms with van der Waals surface area (Å²) in [7, 11) is 6.55. The van der Waals surface area contributed by atoms with Crippen molar-refractivity contribution in [1.82, 2.24) is 4.90 Å². The number of hydrogen-bond acceptors (Lipinski definition) is 5. The maximum absolute atomic E-state index is 6.41. The van der Waals surface area contributed by atoms with Gasteiger partial charge in [0.15, 0.2) is 28.1 Å². The SMILES string of the molecule is COc1ccc(CC2c3cc(OC)c(OC)cc3CCN2C(=S)Nc2cc(Cl)ccc2Cl)cc1OC. The van der Waals surface area contributed by atoms with Gasteiger partial charge in [-0.1, -0.05) is 29.3 Å². The number of nitrogens with one attached hydrogen (secondary N) is 1. The van der Waals surface area contributed by atoms with Crippen LogP contribution in [0.15, 0.2) is 48.5 Å². The molecule has 0 radical (unpaired) electrons. The van der Waals surface area contributed by atoms with Crippen LogP contribution in [0.1, 0.15) is 22.7 Å². The van der Waals surface area contributed by atoms with Gasteiger partial charge < -0.3 is 29.2 Å². The number of anilines is 1. The molecule has 36 heavy (non-hydrogen) atoms. The van der Waals surface area contributed by atoms with Crippen molar-refractivity contribution < 1.29 is 18.9 Å². The summed E-state index contributed by atoms with van der Waals surface area (Å²) in [5, 5.41) is 4.98. The van der Waals surface area contributed by atoms with Crippen LogP contribution in [0, 0.1) is 0 Å². The molecule has 1 atom stereocenters. The van der Waals surface area contributed by atoms with Crippen molar-refractivity contribution in [1.29, 1.82) is 0 Å². The van der Waals surface area contributed by atoms with Crippen LogP contribution in [0.5, 0.6) is 23.0 Å². The molecule has 9 heteroatoms. The molecule has 190 valence electrons. The molecular weight excluding hydrogens is 519 g/mol. The maximum Gasteiger partial charge on any atom is 0.174 e. The minimum Gasteiger partial charge on any atom is -0.493 e. The Bertz CT molecular complexity index is 1270. The van der Waals surface area contributed by atoms with Crippen LogP contribution in [-0.2, 0) is 12.8 Å². The van der Waals surface area contributed by atoms with E-state index in [4.69, 9.17) is 54.4 Å². The van der Waals surface area contributed by atoms with E-state index in [1.165, 1.54) is 5.56 Å². The lowest BCUT2D eigenvalue weighted by atomic mass is 9.88. The summed E-state index contributed by atoms with van der Waals surface area (Å²) in [4.78, 5) is 2.18. The van der Waals surface area contributed by atoms with Crippen LogP contribution in [-0.4, -0.2) is 45.0 Å². The Morgan fingerprint density at radius 2 is 1.56 bits per heavy atom. The number of hydrogen-bond donors (Lipinski definition) is 1. The van der Waals surface area contributed by atoms with Gasteiger partial charge in [0.05, 0.1) is 45.2 Å². The molecule has 1 N–H and O–H groups in total. The molecule has 3 aromatic rings. The zero-order valence-corrected chi connectivity index (χ0v) is 22.9. The summed E-state index contributed by atoms with van der Waals surface area (Å²) >= 11 is 18.5. The van der Waals surface area contributed by atoms with Crippen LogP contribution in [0.2, 0.25) is 10.0 Å². The van der Waals surface area contributed by atoms with Gasteiger partial charge in [-0.15, -0.1) is 0 Å². The van der Waals surface area contributed by atoms with Crippen molar-refractivity contribution in [3.63, 3.8) is 0 Å². The Morgan fingerprint density at radius 1 is 0.889 bits per heavy atom. The van der Waals surface area contributed by atoms with Crippen LogP contribution < -0.4 is 24.3 Å². The van der Waals surface area contributed by atoms with Gasteiger partial charge >= 0.3 is 0 Å². The molecule has 0 amide bonds. The minimum absolute atomic E-state index is 0.0791. The Morgan fingerprint density at radius 3 is 2.25 bits per heavy atom. The Hall–Kier alpha value is -2.87. The second kappa shape index (κ2) is 11.5. The van der Waals surface area contributed by atoms with Crippen molar-refractivity contribution in [3.05, 3.63) is 75.3 Å². The molecule has 3 aromatic carbocycles. The first-order valence-corrected chi connectivity index (χ1v) is 12.5. The zero-order chi connectivity index (χ0) is 25.8. The third-order valence-corrected chi connectivity index (χ3v) is 7.21. The molecule has 1 aliphatic heterocycles. The lowest BCUT2D eigenvalue weighted by Crippen LogP contribution is -2.43. The molecule has 6 nitrogen and oxygen atoms in total. The van der Waals surface area contributed by atoms with Crippen molar-refractivity contribution in [2.45, 2.75) is 18.9 Å². The number of thiocarbonyl (C=S) groups is 1. The number of nitrogens with zero attached hydrogens (tertiary/aromatic N) is 1. The van der Waals surface area contributed by atoms with Crippen molar-refractivity contribution >= 4 is 46.2 Å². The molecule has 1 aliphatic rings. The normalized spacial score (nSPS) is 14.6. The molecule has 0 spiro atoms. The third kappa shape index (κ3) is 5.43. The van der Waals surface area contributed by atoms with E-state index in [-0.39, 0.29) is 6.04 Å². The standard InChI is InChI=1S/C27H28Cl2N2O4S/c1-32-23-8-5-16(12-24(23)33-2)11-22-19-15-26(35-4)25(34-3)13-17(19)9-10-31(22)27(36)30-21-14-18(28)6-7-20(21)29/h5-8,12-15,22H,9-11H2,1-4H3,(H,30,36). The van der Waals surface area contributed by atoms with E-state index in [2.05, 4.69) is 16.3 Å². The minimum atomic E-state index is -0.0791. The highest BCUT2D eigenvalue weighted by Gasteiger charge is 2.31. The smallest absolute Gasteiger partial charge is 0.174 e. The van der Waals surface area contributed by atoms with E-state index >= 15 is 0 Å². The predicted octanol–water partition coefficient (Wildman–Crippen LogP) is 6.57. The maximum atomic E-state index is 6.41. The number of rotatable bonds is 7. The summed E-state index contributed by atoms with van der Waals surface area (Å²) in [5.74, 6) is 2.74. The fraction of sp³-hybridized carbons (Fsp3) is 0.296. The summed E-state index contributed by atoms with van der Waals surface area (Å²) in [6.07, 6.45) is 1.47. The molecule has 0 aromatic heterocycles. The number of methoxy groups -OCH3 is 4. The quantitative estimate of drug-likeness (QED) is 0.336. The fourth-order valence-electron chi connectivity index (χ4n) is 4.50. The predicted molar refractivity (Wildman–Crippen MR) is 149 cm³/mol. The summed E-state index contributed by atoms with van der Waals surface area (Å²) in [6, 6.07) is 15.2. The largest absolute Gasteiger partial charge is 0.493 e. The average molecular weight is 548 g/mol. The van der Waals surface area contributed by atoms with E-state index in [1.807, 2.05) is 24.3 Å². The summed E-state index contributed by atoms with van der Waals surface area (Å²) in [6.45, 7) is 0.713. The first-order chi connectivity index (χ1) is 17.4. The molecule has 1 heterocycles. The van der Waals surface area contributed by atoms with Crippen LogP contribution >= 0.6 is 35.4 Å². The monoisotopic (exact) mass is 546 g/mol. The van der Waals surface area contributed by atoms with Crippen molar-refractivity contribution in [2.24, 2.45) is 0 Å². The Labute approximate surface area is 227 Å². The first-order valence-electron chi connectivity index (χ1n) is 11.4. The van der Waals surface area contributed by atoms with E-state index in [0.29, 0.717) is 56.8 Å². The number of ether oxygens (including phenoxy) is 4. The lowest BCUT2D eigenvalue weighted by Gasteiger charge is -2.39. The summed E-state index contributed by atoms with van der Waals surface area (Å²) in [5.41, 5.74) is 4.05. The molecule has 0 saturated carbocycles. The van der Waals surface area contributed by atoms with Gasteiger partial charge in [0.2, 0.25) is 0 Å². The van der Waals surface area contributed by atoms with Crippen molar-refractivity contribution in [2.75, 3.05) is 40.3 Å². The highest BCUT2D eigenvalue weighted by molar-refractivity contribution is 7.80. The Balaban J connectivity index is 1.74. The van der Waals surface area contributed by atoms with Gasteiger partial charge in [-0.25, -0.2) is 0 Å². The molecule has 0 bridgehead atoms. The zero-order valence-electron chi connectivity index (χ0n) is 20.6. The van der Waals surface area contributed by atoms with Crippen LogP contribution in [0.3, 0.4) is 0 Å². The third-order valence-electron chi connectivity index (χ3n) is 6.31. The fourth-order valence-corrected chi connectivity index (χ4v) is 5.17. The second-order valence-electron chi connectivity index (χ2n) is 8.31. The first kappa shape index (κ1) is 26.2. The molecular formula is C27H28Cl2N2O4S. The van der Waals surface area contributed by atoms with E-state index in [9.17, 15) is 0 Å². The number of fused-ring (bicyclic) bond motifs is 1. The van der Waals surface area contributed by atoms with Gasteiger partial charge in [-0.3, -0.25) is 0 Å². The van der Waals surface area contributed by atoms with E-state index < -0.39 is 0 Å². The van der Waals surface area contributed by atoms with E-state index in [0.717, 1.165) is 17.5 Å². The number of benzene rings is 3. The molecule has 0 saturated heterocycles. The van der Waals surface area contributed by atoms with Gasteiger partial charge in [-0.05, 0) is 84.2 Å². The highest BCUT2D eigenvalue weighted by atomic mass is 35.5. The van der Waals surface area contributed by atoms with Crippen LogP contribution in [0.4, 0.5) is 5.69 Å². The topological polar surface area (TPSA) is 52.2 Å². The highest BCUT2D eigenvalue weighted by Crippen LogP contribution is 2.41. The lowest BCUT2D eigenvalue weighted by molar-refractivity contribution is 0.295. The summed E-state index contributed by atoms with van der Waals surface area (Å²) < 4.78 is 22.1. The molecule has 1 unspecified atom stereocenters.